The first-order valence-electron chi connectivity index (χ1n) is 8.29. The van der Waals surface area contributed by atoms with Crippen LogP contribution in [0.15, 0.2) is 36.7 Å². The highest BCUT2D eigenvalue weighted by Gasteiger charge is 2.23. The Hall–Kier alpha value is -3.02. The maximum atomic E-state index is 12.7. The molecule has 0 radical (unpaired) electrons. The molecular formula is C19H18N4O2. The SMILES string of the molecule is CC(=O)c1cccc(CC(=O)N2CCc3c(cnc4[nH]ncc34)C2)c1. The van der Waals surface area contributed by atoms with Gasteiger partial charge in [0, 0.05) is 30.2 Å². The molecule has 0 fully saturated rings. The van der Waals surface area contributed by atoms with Crippen LogP contribution in [0.3, 0.4) is 0 Å². The van der Waals surface area contributed by atoms with Gasteiger partial charge in [-0.2, -0.15) is 5.10 Å². The molecule has 1 N–H and O–H groups in total. The van der Waals surface area contributed by atoms with Crippen molar-refractivity contribution >= 4 is 22.7 Å². The lowest BCUT2D eigenvalue weighted by Gasteiger charge is -2.29. The molecule has 0 saturated heterocycles. The molecular weight excluding hydrogens is 316 g/mol. The number of H-pyrrole nitrogens is 1. The maximum Gasteiger partial charge on any atom is 0.227 e. The number of rotatable bonds is 3. The van der Waals surface area contributed by atoms with Crippen LogP contribution in [0, 0.1) is 0 Å². The van der Waals surface area contributed by atoms with Gasteiger partial charge >= 0.3 is 0 Å². The minimum absolute atomic E-state index is 0.0106. The Kier molecular flexibility index (Phi) is 3.80. The molecule has 1 aliphatic rings. The zero-order valence-electron chi connectivity index (χ0n) is 14.0. The van der Waals surface area contributed by atoms with Gasteiger partial charge in [-0.15, -0.1) is 0 Å². The summed E-state index contributed by atoms with van der Waals surface area (Å²) < 4.78 is 0. The normalized spacial score (nSPS) is 13.7. The minimum atomic E-state index is 0.0106. The molecule has 0 bridgehead atoms. The van der Waals surface area contributed by atoms with Crippen LogP contribution < -0.4 is 0 Å². The summed E-state index contributed by atoms with van der Waals surface area (Å²) in [5.74, 6) is 0.0787. The smallest absolute Gasteiger partial charge is 0.227 e. The van der Waals surface area contributed by atoms with Crippen LogP contribution in [-0.4, -0.2) is 38.3 Å². The van der Waals surface area contributed by atoms with Crippen LogP contribution in [0.2, 0.25) is 0 Å². The van der Waals surface area contributed by atoms with Crippen LogP contribution in [0.25, 0.3) is 11.0 Å². The summed E-state index contributed by atoms with van der Waals surface area (Å²) in [6.07, 6.45) is 4.72. The summed E-state index contributed by atoms with van der Waals surface area (Å²) in [4.78, 5) is 30.4. The number of pyridine rings is 1. The first-order chi connectivity index (χ1) is 12.1. The fourth-order valence-electron chi connectivity index (χ4n) is 3.35. The number of hydrogen-bond donors (Lipinski definition) is 1. The number of amides is 1. The number of aromatic amines is 1. The van der Waals surface area contributed by atoms with Gasteiger partial charge in [0.2, 0.25) is 5.91 Å². The molecule has 3 heterocycles. The van der Waals surface area contributed by atoms with Crippen LogP contribution in [0.5, 0.6) is 0 Å². The van der Waals surface area contributed by atoms with E-state index in [1.54, 1.807) is 18.3 Å². The highest BCUT2D eigenvalue weighted by molar-refractivity contribution is 5.94. The van der Waals surface area contributed by atoms with Crippen molar-refractivity contribution < 1.29 is 9.59 Å². The Morgan fingerprint density at radius 3 is 3.00 bits per heavy atom. The fourth-order valence-corrected chi connectivity index (χ4v) is 3.35. The molecule has 2 aromatic heterocycles. The summed E-state index contributed by atoms with van der Waals surface area (Å²) in [6, 6.07) is 7.28. The average Bonchev–Trinajstić information content (AvgIpc) is 3.10. The number of Topliss-reactive ketones (excluding diaryl/α,β-unsaturated/α-hetero) is 1. The molecule has 6 nitrogen and oxygen atoms in total. The molecule has 0 unspecified atom stereocenters. The van der Waals surface area contributed by atoms with Gasteiger partial charge < -0.3 is 4.90 Å². The number of nitrogens with zero attached hydrogens (tertiary/aromatic N) is 3. The third-order valence-electron chi connectivity index (χ3n) is 4.72. The molecule has 1 aromatic carbocycles. The van der Waals surface area contributed by atoms with E-state index < -0.39 is 0 Å². The topological polar surface area (TPSA) is 79.0 Å². The van der Waals surface area contributed by atoms with Crippen LogP contribution in [0.1, 0.15) is 34.0 Å². The summed E-state index contributed by atoms with van der Waals surface area (Å²) in [5, 5.41) is 7.97. The Bertz CT molecular complexity index is 976. The van der Waals surface area contributed by atoms with Gasteiger partial charge in [0.1, 0.15) is 0 Å². The van der Waals surface area contributed by atoms with Crippen molar-refractivity contribution in [2.24, 2.45) is 0 Å². The number of ketones is 1. The van der Waals surface area contributed by atoms with Gasteiger partial charge in [-0.25, -0.2) is 4.98 Å². The van der Waals surface area contributed by atoms with Gasteiger partial charge in [0.25, 0.3) is 0 Å². The van der Waals surface area contributed by atoms with Crippen LogP contribution in [-0.2, 0) is 24.2 Å². The number of carbonyl (C=O) groups excluding carboxylic acids is 2. The third kappa shape index (κ3) is 2.91. The second kappa shape index (κ2) is 6.12. The molecule has 6 heteroatoms. The van der Waals surface area contributed by atoms with E-state index in [4.69, 9.17) is 0 Å². The summed E-state index contributed by atoms with van der Waals surface area (Å²) in [6.45, 7) is 2.78. The average molecular weight is 334 g/mol. The van der Waals surface area contributed by atoms with E-state index >= 15 is 0 Å². The van der Waals surface area contributed by atoms with Gasteiger partial charge in [0.05, 0.1) is 12.6 Å². The summed E-state index contributed by atoms with van der Waals surface area (Å²) in [7, 11) is 0. The Morgan fingerprint density at radius 1 is 1.28 bits per heavy atom. The van der Waals surface area contributed by atoms with E-state index in [0.717, 1.165) is 28.6 Å². The first kappa shape index (κ1) is 15.5. The zero-order chi connectivity index (χ0) is 17.4. The van der Waals surface area contributed by atoms with Gasteiger partial charge in [-0.1, -0.05) is 18.2 Å². The molecule has 1 amide bonds. The predicted molar refractivity (Wildman–Crippen MR) is 93.2 cm³/mol. The van der Waals surface area contributed by atoms with Crippen molar-refractivity contribution in [3.05, 3.63) is 58.9 Å². The van der Waals surface area contributed by atoms with Gasteiger partial charge in [-0.05, 0) is 36.1 Å². The van der Waals surface area contributed by atoms with Crippen molar-refractivity contribution in [3.63, 3.8) is 0 Å². The monoisotopic (exact) mass is 334 g/mol. The maximum absolute atomic E-state index is 12.7. The number of carbonyl (C=O) groups is 2. The number of nitrogens with one attached hydrogen (secondary N) is 1. The second-order valence-electron chi connectivity index (χ2n) is 6.39. The van der Waals surface area contributed by atoms with E-state index in [-0.39, 0.29) is 11.7 Å². The zero-order valence-corrected chi connectivity index (χ0v) is 14.0. The Labute approximate surface area is 144 Å². The molecule has 0 aliphatic carbocycles. The lowest BCUT2D eigenvalue weighted by atomic mass is 9.98. The Morgan fingerprint density at radius 2 is 2.16 bits per heavy atom. The number of hydrogen-bond acceptors (Lipinski definition) is 4. The lowest BCUT2D eigenvalue weighted by molar-refractivity contribution is -0.131. The van der Waals surface area contributed by atoms with E-state index in [0.29, 0.717) is 25.1 Å². The molecule has 4 rings (SSSR count). The number of benzene rings is 1. The quantitative estimate of drug-likeness (QED) is 0.745. The van der Waals surface area contributed by atoms with Crippen LogP contribution in [0.4, 0.5) is 0 Å². The highest BCUT2D eigenvalue weighted by atomic mass is 16.2. The van der Waals surface area contributed by atoms with Crippen molar-refractivity contribution in [2.45, 2.75) is 26.3 Å². The fraction of sp³-hybridized carbons (Fsp3) is 0.263. The van der Waals surface area contributed by atoms with Crippen molar-refractivity contribution in [2.75, 3.05) is 6.54 Å². The predicted octanol–water partition coefficient (Wildman–Crippen LogP) is 2.29. The third-order valence-corrected chi connectivity index (χ3v) is 4.72. The van der Waals surface area contributed by atoms with Crippen molar-refractivity contribution in [3.8, 4) is 0 Å². The van der Waals surface area contributed by atoms with Crippen molar-refractivity contribution in [1.82, 2.24) is 20.1 Å². The second-order valence-corrected chi connectivity index (χ2v) is 6.39. The molecule has 0 spiro atoms. The van der Waals surface area contributed by atoms with E-state index in [9.17, 15) is 9.59 Å². The van der Waals surface area contributed by atoms with E-state index in [1.807, 2.05) is 23.2 Å². The molecule has 0 saturated carbocycles. The van der Waals surface area contributed by atoms with Gasteiger partial charge in [0.15, 0.2) is 11.4 Å². The first-order valence-corrected chi connectivity index (χ1v) is 8.29. The van der Waals surface area contributed by atoms with E-state index in [1.165, 1.54) is 12.5 Å². The van der Waals surface area contributed by atoms with Crippen molar-refractivity contribution in [1.29, 1.82) is 0 Å². The van der Waals surface area contributed by atoms with Crippen LogP contribution >= 0.6 is 0 Å². The van der Waals surface area contributed by atoms with E-state index in [2.05, 4.69) is 15.2 Å². The Balaban J connectivity index is 1.52. The molecule has 1 aliphatic heterocycles. The number of fused-ring (bicyclic) bond motifs is 3. The molecule has 0 atom stereocenters. The molecule has 126 valence electrons. The number of aromatic nitrogens is 3. The molecule has 3 aromatic rings. The summed E-state index contributed by atoms with van der Waals surface area (Å²) in [5.41, 5.74) is 4.60. The largest absolute Gasteiger partial charge is 0.338 e. The lowest BCUT2D eigenvalue weighted by Crippen LogP contribution is -2.37. The standard InChI is InChI=1S/C19H18N4O2/c1-12(24)14-4-2-3-13(7-14)8-18(25)23-6-5-16-15(11-23)9-20-19-17(16)10-21-22-19/h2-4,7,9-10H,5-6,8,11H2,1H3,(H,20,21,22). The minimum Gasteiger partial charge on any atom is -0.338 e. The summed E-state index contributed by atoms with van der Waals surface area (Å²) >= 11 is 0. The molecule has 25 heavy (non-hydrogen) atoms. The van der Waals surface area contributed by atoms with Gasteiger partial charge in [-0.3, -0.25) is 14.7 Å². The highest BCUT2D eigenvalue weighted by Crippen LogP contribution is 2.25.